The number of halogens is 1. The highest BCUT2D eigenvalue weighted by Crippen LogP contribution is 2.29. The molecule has 2 amide bonds. The first-order valence-electron chi connectivity index (χ1n) is 9.87. The fraction of sp³-hybridized carbons (Fsp3) is 0.895. The van der Waals surface area contributed by atoms with Crippen molar-refractivity contribution >= 4 is 11.8 Å². The molecule has 0 spiro atoms. The minimum atomic E-state index is -1.33. The summed E-state index contributed by atoms with van der Waals surface area (Å²) in [5.74, 6) is 0.330. The first-order chi connectivity index (χ1) is 11.6. The molecule has 2 saturated heterocycles. The third-order valence-electron chi connectivity index (χ3n) is 6.11. The van der Waals surface area contributed by atoms with E-state index in [1.807, 2.05) is 4.90 Å². The summed E-state index contributed by atoms with van der Waals surface area (Å²) in [5, 5.41) is 0. The Morgan fingerprint density at radius 3 is 2.38 bits per heavy atom. The van der Waals surface area contributed by atoms with Crippen molar-refractivity contribution in [2.45, 2.75) is 82.8 Å². The predicted octanol–water partition coefficient (Wildman–Crippen LogP) is 3.30. The van der Waals surface area contributed by atoms with Gasteiger partial charge in [0.05, 0.1) is 0 Å². The number of rotatable bonds is 4. The van der Waals surface area contributed by atoms with Crippen LogP contribution in [-0.2, 0) is 9.59 Å². The summed E-state index contributed by atoms with van der Waals surface area (Å²) < 4.78 is 14.4. The Labute approximate surface area is 144 Å². The van der Waals surface area contributed by atoms with Gasteiger partial charge in [-0.3, -0.25) is 9.59 Å². The highest BCUT2D eigenvalue weighted by molar-refractivity contribution is 5.81. The van der Waals surface area contributed by atoms with Gasteiger partial charge in [-0.1, -0.05) is 32.1 Å². The Morgan fingerprint density at radius 1 is 1.00 bits per heavy atom. The molecule has 1 atom stereocenters. The lowest BCUT2D eigenvalue weighted by molar-refractivity contribution is -0.141. The minimum absolute atomic E-state index is 0.248. The van der Waals surface area contributed by atoms with Crippen molar-refractivity contribution in [3.8, 4) is 0 Å². The van der Waals surface area contributed by atoms with Crippen LogP contribution in [-0.4, -0.2) is 53.5 Å². The maximum atomic E-state index is 14.4. The van der Waals surface area contributed by atoms with E-state index in [1.165, 1.54) is 19.3 Å². The number of hydrogen-bond donors (Lipinski definition) is 0. The van der Waals surface area contributed by atoms with Crippen molar-refractivity contribution in [1.29, 1.82) is 0 Å². The largest absolute Gasteiger partial charge is 0.340 e. The molecule has 1 saturated carbocycles. The van der Waals surface area contributed by atoms with E-state index in [9.17, 15) is 14.0 Å². The normalized spacial score (nSPS) is 25.8. The van der Waals surface area contributed by atoms with E-state index in [0.717, 1.165) is 45.1 Å². The SMILES string of the molecule is O=C([C@@H](F)CC1CCCCC1)N1CCC(N2CCCCC2=O)CC1. The first-order valence-corrected chi connectivity index (χ1v) is 9.87. The molecule has 3 rings (SSSR count). The molecule has 24 heavy (non-hydrogen) atoms. The number of alkyl halides is 1. The zero-order chi connectivity index (χ0) is 16.9. The number of nitrogens with zero attached hydrogens (tertiary/aromatic N) is 2. The lowest BCUT2D eigenvalue weighted by Crippen LogP contribution is -2.51. The average molecular weight is 338 g/mol. The van der Waals surface area contributed by atoms with Crippen molar-refractivity contribution in [1.82, 2.24) is 9.80 Å². The van der Waals surface area contributed by atoms with Crippen molar-refractivity contribution < 1.29 is 14.0 Å². The fourth-order valence-corrected chi connectivity index (χ4v) is 4.63. The summed E-state index contributed by atoms with van der Waals surface area (Å²) >= 11 is 0. The summed E-state index contributed by atoms with van der Waals surface area (Å²) in [4.78, 5) is 28.1. The summed E-state index contributed by atoms with van der Waals surface area (Å²) in [7, 11) is 0. The molecular formula is C19H31FN2O2. The Morgan fingerprint density at radius 2 is 1.71 bits per heavy atom. The van der Waals surface area contributed by atoms with Crippen LogP contribution in [0.5, 0.6) is 0 Å². The third kappa shape index (κ3) is 4.28. The van der Waals surface area contributed by atoms with E-state index in [4.69, 9.17) is 0 Å². The summed E-state index contributed by atoms with van der Waals surface area (Å²) in [6.07, 6.45) is 9.18. The highest BCUT2D eigenvalue weighted by atomic mass is 19.1. The Hall–Kier alpha value is -1.13. The van der Waals surface area contributed by atoms with Gasteiger partial charge in [-0.2, -0.15) is 0 Å². The second-order valence-corrected chi connectivity index (χ2v) is 7.81. The van der Waals surface area contributed by atoms with E-state index in [0.29, 0.717) is 31.8 Å². The van der Waals surface area contributed by atoms with Crippen molar-refractivity contribution in [2.24, 2.45) is 5.92 Å². The lowest BCUT2D eigenvalue weighted by Gasteiger charge is -2.40. The van der Waals surface area contributed by atoms with Crippen LogP contribution in [0.3, 0.4) is 0 Å². The molecule has 1 aliphatic carbocycles. The molecule has 3 fully saturated rings. The highest BCUT2D eigenvalue weighted by Gasteiger charge is 2.33. The third-order valence-corrected chi connectivity index (χ3v) is 6.11. The van der Waals surface area contributed by atoms with E-state index < -0.39 is 6.17 Å². The zero-order valence-electron chi connectivity index (χ0n) is 14.7. The molecular weight excluding hydrogens is 307 g/mol. The fourth-order valence-electron chi connectivity index (χ4n) is 4.63. The van der Waals surface area contributed by atoms with Gasteiger partial charge in [-0.15, -0.1) is 0 Å². The van der Waals surface area contributed by atoms with Crippen LogP contribution in [0.15, 0.2) is 0 Å². The Balaban J connectivity index is 1.45. The number of hydrogen-bond acceptors (Lipinski definition) is 2. The van der Waals surface area contributed by atoms with Crippen LogP contribution in [0, 0.1) is 5.92 Å². The van der Waals surface area contributed by atoms with Crippen molar-refractivity contribution in [3.05, 3.63) is 0 Å². The maximum absolute atomic E-state index is 14.4. The number of carbonyl (C=O) groups is 2. The van der Waals surface area contributed by atoms with E-state index in [2.05, 4.69) is 0 Å². The second-order valence-electron chi connectivity index (χ2n) is 7.81. The molecule has 136 valence electrons. The quantitative estimate of drug-likeness (QED) is 0.789. The van der Waals surface area contributed by atoms with Crippen LogP contribution >= 0.6 is 0 Å². The monoisotopic (exact) mass is 338 g/mol. The smallest absolute Gasteiger partial charge is 0.257 e. The molecule has 5 heteroatoms. The molecule has 2 aliphatic heterocycles. The predicted molar refractivity (Wildman–Crippen MR) is 91.3 cm³/mol. The molecule has 0 N–H and O–H groups in total. The second kappa shape index (κ2) is 8.30. The molecule has 0 bridgehead atoms. The van der Waals surface area contributed by atoms with Crippen LogP contribution in [0.2, 0.25) is 0 Å². The van der Waals surface area contributed by atoms with Gasteiger partial charge in [0.2, 0.25) is 5.91 Å². The average Bonchev–Trinajstić information content (AvgIpc) is 2.62. The van der Waals surface area contributed by atoms with E-state index in [1.54, 1.807) is 4.90 Å². The number of carbonyl (C=O) groups excluding carboxylic acids is 2. The molecule has 0 aromatic carbocycles. The molecule has 0 radical (unpaired) electrons. The zero-order valence-corrected chi connectivity index (χ0v) is 14.7. The van der Waals surface area contributed by atoms with Gasteiger partial charge >= 0.3 is 0 Å². The van der Waals surface area contributed by atoms with Crippen LogP contribution < -0.4 is 0 Å². The summed E-state index contributed by atoms with van der Waals surface area (Å²) in [6.45, 7) is 2.04. The van der Waals surface area contributed by atoms with E-state index >= 15 is 0 Å². The van der Waals surface area contributed by atoms with Gasteiger partial charge in [-0.05, 0) is 38.0 Å². The number of piperidine rings is 2. The molecule has 0 aromatic rings. The van der Waals surface area contributed by atoms with Crippen LogP contribution in [0.4, 0.5) is 4.39 Å². The summed E-state index contributed by atoms with van der Waals surface area (Å²) in [6, 6.07) is 0.248. The standard InChI is InChI=1S/C19H31FN2O2/c20-17(14-15-6-2-1-3-7-15)19(24)21-12-9-16(10-13-21)22-11-5-4-8-18(22)23/h15-17H,1-14H2/t17-/m0/s1. The van der Waals surface area contributed by atoms with Crippen molar-refractivity contribution in [2.75, 3.05) is 19.6 Å². The van der Waals surface area contributed by atoms with Crippen LogP contribution in [0.25, 0.3) is 0 Å². The molecule has 4 nitrogen and oxygen atoms in total. The van der Waals surface area contributed by atoms with Gasteiger partial charge in [-0.25, -0.2) is 4.39 Å². The van der Waals surface area contributed by atoms with Gasteiger partial charge in [0, 0.05) is 32.1 Å². The first kappa shape index (κ1) is 17.7. The Kier molecular flexibility index (Phi) is 6.12. The topological polar surface area (TPSA) is 40.6 Å². The molecule has 0 aromatic heterocycles. The molecule has 0 unspecified atom stereocenters. The van der Waals surface area contributed by atoms with E-state index in [-0.39, 0.29) is 17.9 Å². The van der Waals surface area contributed by atoms with Gasteiger partial charge in [0.25, 0.3) is 5.91 Å². The molecule has 2 heterocycles. The van der Waals surface area contributed by atoms with Crippen LogP contribution in [0.1, 0.15) is 70.6 Å². The van der Waals surface area contributed by atoms with Gasteiger partial charge < -0.3 is 9.80 Å². The van der Waals surface area contributed by atoms with Gasteiger partial charge in [0.15, 0.2) is 6.17 Å². The number of amides is 2. The summed E-state index contributed by atoms with van der Waals surface area (Å²) in [5.41, 5.74) is 0. The minimum Gasteiger partial charge on any atom is -0.340 e. The maximum Gasteiger partial charge on any atom is 0.257 e. The van der Waals surface area contributed by atoms with Crippen molar-refractivity contribution in [3.63, 3.8) is 0 Å². The van der Waals surface area contributed by atoms with Gasteiger partial charge in [0.1, 0.15) is 0 Å². The Bertz CT molecular complexity index is 443. The number of likely N-dealkylation sites (tertiary alicyclic amines) is 2. The molecule has 3 aliphatic rings. The lowest BCUT2D eigenvalue weighted by atomic mass is 9.85.